The highest BCUT2D eigenvalue weighted by molar-refractivity contribution is 5.96. The summed E-state index contributed by atoms with van der Waals surface area (Å²) >= 11 is 0. The Bertz CT molecular complexity index is 1820. The summed E-state index contributed by atoms with van der Waals surface area (Å²) in [6.45, 7) is 3.05. The Hall–Kier alpha value is -5.24. The lowest BCUT2D eigenvalue weighted by Crippen LogP contribution is -2.16. The summed E-state index contributed by atoms with van der Waals surface area (Å²) < 4.78 is 35.9. The SMILES string of the molecule is COc1cc2oc(-c3c(OC(=O)c4ccccc4)cc(OC(C)=O)c(C)c3OC)cc2c2c1CC[C@@H](c1ccccc1)O2. The smallest absolute Gasteiger partial charge is 0.343 e. The van der Waals surface area contributed by atoms with Gasteiger partial charge < -0.3 is 28.1 Å². The summed E-state index contributed by atoms with van der Waals surface area (Å²) in [5.41, 5.74) is 3.85. The van der Waals surface area contributed by atoms with Crippen LogP contribution in [-0.2, 0) is 11.2 Å². The molecule has 0 fully saturated rings. The van der Waals surface area contributed by atoms with Crippen molar-refractivity contribution >= 4 is 22.9 Å². The summed E-state index contributed by atoms with van der Waals surface area (Å²) in [6.07, 6.45) is 1.42. The summed E-state index contributed by atoms with van der Waals surface area (Å²) in [7, 11) is 3.11. The quantitative estimate of drug-likeness (QED) is 0.144. The zero-order chi connectivity index (χ0) is 30.1. The van der Waals surface area contributed by atoms with E-state index in [1.165, 1.54) is 20.1 Å². The highest BCUT2D eigenvalue weighted by atomic mass is 16.5. The van der Waals surface area contributed by atoms with Gasteiger partial charge in [0.2, 0.25) is 0 Å². The first-order valence-corrected chi connectivity index (χ1v) is 13.9. The number of hydrogen-bond acceptors (Lipinski definition) is 8. The number of carbonyl (C=O) groups excluding carboxylic acids is 2. The second-order valence-electron chi connectivity index (χ2n) is 10.2. The van der Waals surface area contributed by atoms with E-state index in [4.69, 9.17) is 28.1 Å². The highest BCUT2D eigenvalue weighted by Gasteiger charge is 2.30. The van der Waals surface area contributed by atoms with Gasteiger partial charge in [0.1, 0.15) is 51.8 Å². The molecule has 0 N–H and O–H groups in total. The molecule has 0 unspecified atom stereocenters. The minimum atomic E-state index is -0.592. The zero-order valence-corrected chi connectivity index (χ0v) is 24.3. The van der Waals surface area contributed by atoms with Crippen molar-refractivity contribution in [3.63, 3.8) is 0 Å². The standard InChI is InChI=1S/C35H30O8/c1-20-27(40-21(2)36)18-31(43-35(37)23-13-9-6-10-14-23)32(33(20)39-4)30-17-25-29(41-30)19-28(38-3)24-15-16-26(42-34(24)25)22-11-7-5-8-12-22/h5-14,17-19,26H,15-16H2,1-4H3/t26-/m0/s1. The van der Waals surface area contributed by atoms with Gasteiger partial charge in [0, 0.05) is 30.2 Å². The van der Waals surface area contributed by atoms with Gasteiger partial charge in [-0.05, 0) is 43.5 Å². The van der Waals surface area contributed by atoms with Gasteiger partial charge in [0.25, 0.3) is 0 Å². The van der Waals surface area contributed by atoms with Crippen molar-refractivity contribution < 1.29 is 37.7 Å². The third-order valence-electron chi connectivity index (χ3n) is 7.51. The van der Waals surface area contributed by atoms with Gasteiger partial charge in [-0.3, -0.25) is 4.79 Å². The number of benzene rings is 4. The number of methoxy groups -OCH3 is 2. The van der Waals surface area contributed by atoms with Gasteiger partial charge in [0.05, 0.1) is 25.2 Å². The second-order valence-corrected chi connectivity index (χ2v) is 10.2. The Morgan fingerprint density at radius 1 is 0.837 bits per heavy atom. The van der Waals surface area contributed by atoms with Crippen molar-refractivity contribution in [2.75, 3.05) is 14.2 Å². The number of furan rings is 1. The molecular formula is C35H30O8. The zero-order valence-electron chi connectivity index (χ0n) is 24.3. The predicted molar refractivity (Wildman–Crippen MR) is 160 cm³/mol. The monoisotopic (exact) mass is 578 g/mol. The van der Waals surface area contributed by atoms with Crippen LogP contribution >= 0.6 is 0 Å². The minimum Gasteiger partial charge on any atom is -0.496 e. The number of carbonyl (C=O) groups is 2. The van der Waals surface area contributed by atoms with E-state index >= 15 is 0 Å². The Kier molecular flexibility index (Phi) is 7.50. The highest BCUT2D eigenvalue weighted by Crippen LogP contribution is 2.50. The Balaban J connectivity index is 1.52. The molecule has 0 aliphatic carbocycles. The fourth-order valence-corrected chi connectivity index (χ4v) is 5.50. The predicted octanol–water partition coefficient (Wildman–Crippen LogP) is 7.64. The first-order valence-electron chi connectivity index (χ1n) is 13.9. The Morgan fingerprint density at radius 2 is 1.56 bits per heavy atom. The number of esters is 2. The fraction of sp³-hybridized carbons (Fsp3) is 0.200. The fourth-order valence-electron chi connectivity index (χ4n) is 5.50. The van der Waals surface area contributed by atoms with Crippen molar-refractivity contribution in [1.29, 1.82) is 0 Å². The van der Waals surface area contributed by atoms with E-state index in [1.807, 2.05) is 36.4 Å². The molecule has 0 saturated carbocycles. The number of ether oxygens (including phenoxy) is 5. The van der Waals surface area contributed by atoms with Crippen LogP contribution in [0.3, 0.4) is 0 Å². The van der Waals surface area contributed by atoms with Crippen LogP contribution in [0.5, 0.6) is 28.7 Å². The summed E-state index contributed by atoms with van der Waals surface area (Å²) in [5, 5.41) is 0.746. The van der Waals surface area contributed by atoms with Crippen molar-refractivity contribution in [1.82, 2.24) is 0 Å². The maximum atomic E-state index is 13.2. The topological polar surface area (TPSA) is 93.4 Å². The second kappa shape index (κ2) is 11.6. The molecule has 1 aliphatic rings. The Morgan fingerprint density at radius 3 is 2.23 bits per heavy atom. The molecule has 218 valence electrons. The number of hydrogen-bond donors (Lipinski definition) is 0. The largest absolute Gasteiger partial charge is 0.496 e. The molecule has 5 aromatic rings. The normalized spacial score (nSPS) is 14.0. The number of rotatable bonds is 7. The maximum Gasteiger partial charge on any atom is 0.343 e. The van der Waals surface area contributed by atoms with Crippen LogP contribution < -0.4 is 23.7 Å². The van der Waals surface area contributed by atoms with Crippen LogP contribution in [0.1, 0.15) is 46.5 Å². The van der Waals surface area contributed by atoms with Crippen LogP contribution in [-0.4, -0.2) is 26.2 Å². The van der Waals surface area contributed by atoms with E-state index in [2.05, 4.69) is 12.1 Å². The van der Waals surface area contributed by atoms with Gasteiger partial charge in [-0.15, -0.1) is 0 Å². The van der Waals surface area contributed by atoms with E-state index in [0.717, 1.165) is 29.4 Å². The van der Waals surface area contributed by atoms with Gasteiger partial charge in [-0.2, -0.15) is 0 Å². The van der Waals surface area contributed by atoms with Crippen molar-refractivity contribution in [2.24, 2.45) is 0 Å². The van der Waals surface area contributed by atoms with Crippen molar-refractivity contribution in [3.05, 3.63) is 101 Å². The molecule has 8 nitrogen and oxygen atoms in total. The van der Waals surface area contributed by atoms with Crippen molar-refractivity contribution in [3.8, 4) is 40.1 Å². The molecule has 2 heterocycles. The van der Waals surface area contributed by atoms with Crippen LogP contribution in [0.2, 0.25) is 0 Å². The lowest BCUT2D eigenvalue weighted by molar-refractivity contribution is -0.131. The van der Waals surface area contributed by atoms with Gasteiger partial charge in [-0.1, -0.05) is 48.5 Å². The van der Waals surface area contributed by atoms with Crippen LogP contribution in [0.15, 0.2) is 83.3 Å². The summed E-state index contributed by atoms with van der Waals surface area (Å²) in [5.74, 6) is 1.25. The lowest BCUT2D eigenvalue weighted by Gasteiger charge is -2.28. The van der Waals surface area contributed by atoms with Gasteiger partial charge in [0.15, 0.2) is 0 Å². The third kappa shape index (κ3) is 5.28. The molecule has 0 amide bonds. The maximum absolute atomic E-state index is 13.2. The molecule has 0 radical (unpaired) electrons. The molecule has 1 aromatic heterocycles. The first kappa shape index (κ1) is 27.9. The molecule has 6 rings (SSSR count). The molecule has 0 bridgehead atoms. The average Bonchev–Trinajstić information content (AvgIpc) is 3.46. The Labute approximate surface area is 248 Å². The van der Waals surface area contributed by atoms with E-state index < -0.39 is 11.9 Å². The molecule has 0 saturated heterocycles. The third-order valence-corrected chi connectivity index (χ3v) is 7.51. The van der Waals surface area contributed by atoms with E-state index in [-0.39, 0.29) is 17.6 Å². The van der Waals surface area contributed by atoms with Gasteiger partial charge >= 0.3 is 11.9 Å². The molecule has 0 spiro atoms. The molecule has 8 heteroatoms. The van der Waals surface area contributed by atoms with Crippen molar-refractivity contribution in [2.45, 2.75) is 32.8 Å². The summed E-state index contributed by atoms with van der Waals surface area (Å²) in [4.78, 5) is 25.1. The van der Waals surface area contributed by atoms with Crippen LogP contribution in [0.25, 0.3) is 22.3 Å². The van der Waals surface area contributed by atoms with Gasteiger partial charge in [-0.25, -0.2) is 4.79 Å². The summed E-state index contributed by atoms with van der Waals surface area (Å²) in [6, 6.07) is 23.9. The van der Waals surface area contributed by atoms with E-state index in [0.29, 0.717) is 45.3 Å². The molecule has 4 aromatic carbocycles. The molecule has 1 aliphatic heterocycles. The lowest BCUT2D eigenvalue weighted by atomic mass is 9.95. The van der Waals surface area contributed by atoms with Crippen LogP contribution in [0, 0.1) is 6.92 Å². The van der Waals surface area contributed by atoms with E-state index in [9.17, 15) is 9.59 Å². The molecule has 43 heavy (non-hydrogen) atoms. The number of fused-ring (bicyclic) bond motifs is 3. The minimum absolute atomic E-state index is 0.107. The van der Waals surface area contributed by atoms with Crippen LogP contribution in [0.4, 0.5) is 0 Å². The molecule has 1 atom stereocenters. The first-order chi connectivity index (χ1) is 20.9. The van der Waals surface area contributed by atoms with E-state index in [1.54, 1.807) is 38.3 Å². The molecular weight excluding hydrogens is 548 g/mol. The average molecular weight is 579 g/mol.